The number of nitrogens with two attached hydrogens (primary N) is 1. The maximum absolute atomic E-state index is 13.5. The summed E-state index contributed by atoms with van der Waals surface area (Å²) >= 11 is 0. The van der Waals surface area contributed by atoms with E-state index in [0.29, 0.717) is 18.4 Å². The van der Waals surface area contributed by atoms with E-state index in [0.717, 1.165) is 12.0 Å². The zero-order valence-electron chi connectivity index (χ0n) is 10.9. The van der Waals surface area contributed by atoms with Crippen molar-refractivity contribution in [2.24, 2.45) is 0 Å². The number of benzene rings is 1. The fraction of sp³-hybridized carbons (Fsp3) is 0.214. The molecular weight excluding hydrogens is 266 g/mol. The SMILES string of the molecule is COCCc1ccc(Oc2nc(N)c(F)cc2F)cc1. The zero-order valence-corrected chi connectivity index (χ0v) is 10.9. The van der Waals surface area contributed by atoms with Crippen LogP contribution in [0.1, 0.15) is 5.56 Å². The molecule has 0 fully saturated rings. The lowest BCUT2D eigenvalue weighted by atomic mass is 10.1. The average molecular weight is 280 g/mol. The van der Waals surface area contributed by atoms with Gasteiger partial charge >= 0.3 is 0 Å². The van der Waals surface area contributed by atoms with Gasteiger partial charge in [-0.05, 0) is 24.1 Å². The molecule has 0 saturated carbocycles. The summed E-state index contributed by atoms with van der Waals surface area (Å²) in [5, 5.41) is 0. The van der Waals surface area contributed by atoms with E-state index in [1.54, 1.807) is 19.2 Å². The minimum Gasteiger partial charge on any atom is -0.436 e. The lowest BCUT2D eigenvalue weighted by molar-refractivity contribution is 0.202. The molecule has 0 saturated heterocycles. The molecule has 20 heavy (non-hydrogen) atoms. The van der Waals surface area contributed by atoms with Crippen molar-refractivity contribution in [1.29, 1.82) is 0 Å². The summed E-state index contributed by atoms with van der Waals surface area (Å²) in [6.45, 7) is 0.616. The Kier molecular flexibility index (Phi) is 4.47. The van der Waals surface area contributed by atoms with E-state index in [1.165, 1.54) is 0 Å². The lowest BCUT2D eigenvalue weighted by Crippen LogP contribution is -2.00. The number of halogens is 2. The number of anilines is 1. The maximum Gasteiger partial charge on any atom is 0.258 e. The third kappa shape index (κ3) is 3.42. The number of hydrogen-bond donors (Lipinski definition) is 1. The van der Waals surface area contributed by atoms with Gasteiger partial charge in [-0.2, -0.15) is 4.98 Å². The lowest BCUT2D eigenvalue weighted by Gasteiger charge is -2.08. The van der Waals surface area contributed by atoms with Crippen LogP contribution in [0.2, 0.25) is 0 Å². The molecule has 1 heterocycles. The Morgan fingerprint density at radius 3 is 2.50 bits per heavy atom. The van der Waals surface area contributed by atoms with Crippen LogP contribution in [0.4, 0.5) is 14.6 Å². The molecule has 0 unspecified atom stereocenters. The summed E-state index contributed by atoms with van der Waals surface area (Å²) in [5.41, 5.74) is 6.34. The van der Waals surface area contributed by atoms with Crippen LogP contribution in [0.25, 0.3) is 0 Å². The summed E-state index contributed by atoms with van der Waals surface area (Å²) in [5.74, 6) is -2.18. The molecule has 4 nitrogen and oxygen atoms in total. The average Bonchev–Trinajstić information content (AvgIpc) is 2.44. The zero-order chi connectivity index (χ0) is 14.5. The molecule has 2 rings (SSSR count). The van der Waals surface area contributed by atoms with Crippen molar-refractivity contribution in [3.8, 4) is 11.6 Å². The minimum atomic E-state index is -0.912. The fourth-order valence-corrected chi connectivity index (χ4v) is 1.59. The van der Waals surface area contributed by atoms with Gasteiger partial charge in [0.2, 0.25) is 0 Å². The van der Waals surface area contributed by atoms with Crippen LogP contribution in [-0.2, 0) is 11.2 Å². The molecule has 106 valence electrons. The van der Waals surface area contributed by atoms with Gasteiger partial charge in [-0.15, -0.1) is 0 Å². The standard InChI is InChI=1S/C14H14F2N2O2/c1-19-7-6-9-2-4-10(5-3-9)20-14-12(16)8-11(15)13(17)18-14/h2-5,8H,6-7H2,1H3,(H2,17,18). The van der Waals surface area contributed by atoms with E-state index >= 15 is 0 Å². The van der Waals surface area contributed by atoms with E-state index in [4.69, 9.17) is 15.2 Å². The number of pyridine rings is 1. The number of aromatic nitrogens is 1. The third-order valence-electron chi connectivity index (χ3n) is 2.66. The molecule has 0 amide bonds. The van der Waals surface area contributed by atoms with Gasteiger partial charge in [0.15, 0.2) is 17.5 Å². The van der Waals surface area contributed by atoms with E-state index in [1.807, 2.05) is 12.1 Å². The van der Waals surface area contributed by atoms with Crippen LogP contribution in [0.15, 0.2) is 30.3 Å². The van der Waals surface area contributed by atoms with Gasteiger partial charge in [0.1, 0.15) is 5.75 Å². The number of methoxy groups -OCH3 is 1. The van der Waals surface area contributed by atoms with Gasteiger partial charge in [0.25, 0.3) is 5.88 Å². The quantitative estimate of drug-likeness (QED) is 0.915. The van der Waals surface area contributed by atoms with Crippen molar-refractivity contribution in [2.75, 3.05) is 19.5 Å². The largest absolute Gasteiger partial charge is 0.436 e. The molecule has 2 N–H and O–H groups in total. The van der Waals surface area contributed by atoms with Gasteiger partial charge in [-0.3, -0.25) is 0 Å². The van der Waals surface area contributed by atoms with Crippen molar-refractivity contribution >= 4 is 5.82 Å². The highest BCUT2D eigenvalue weighted by molar-refractivity contribution is 5.37. The fourth-order valence-electron chi connectivity index (χ4n) is 1.59. The summed E-state index contributed by atoms with van der Waals surface area (Å²) in [4.78, 5) is 3.53. The Morgan fingerprint density at radius 2 is 1.85 bits per heavy atom. The molecule has 1 aromatic heterocycles. The van der Waals surface area contributed by atoms with E-state index in [2.05, 4.69) is 4.98 Å². The molecule has 6 heteroatoms. The van der Waals surface area contributed by atoms with Crippen LogP contribution in [0.5, 0.6) is 11.6 Å². The Hall–Kier alpha value is -2.21. The molecule has 0 spiro atoms. The van der Waals surface area contributed by atoms with Gasteiger partial charge in [-0.1, -0.05) is 12.1 Å². The number of hydrogen-bond acceptors (Lipinski definition) is 4. The van der Waals surface area contributed by atoms with Crippen LogP contribution < -0.4 is 10.5 Å². The molecule has 0 bridgehead atoms. The predicted octanol–water partition coefficient (Wildman–Crippen LogP) is 2.92. The van der Waals surface area contributed by atoms with Crippen LogP contribution in [0, 0.1) is 11.6 Å². The number of rotatable bonds is 5. The summed E-state index contributed by atoms with van der Waals surface area (Å²) in [7, 11) is 1.63. The van der Waals surface area contributed by atoms with Crippen molar-refractivity contribution in [3.05, 3.63) is 47.5 Å². The third-order valence-corrected chi connectivity index (χ3v) is 2.66. The first-order valence-electron chi connectivity index (χ1n) is 5.97. The monoisotopic (exact) mass is 280 g/mol. The van der Waals surface area contributed by atoms with Gasteiger partial charge in [0, 0.05) is 13.2 Å². The van der Waals surface area contributed by atoms with E-state index in [-0.39, 0.29) is 5.88 Å². The second-order valence-corrected chi connectivity index (χ2v) is 4.13. The molecule has 1 aromatic carbocycles. The van der Waals surface area contributed by atoms with Gasteiger partial charge < -0.3 is 15.2 Å². The first-order chi connectivity index (χ1) is 9.60. The highest BCUT2D eigenvalue weighted by Gasteiger charge is 2.11. The second kappa shape index (κ2) is 6.29. The summed E-state index contributed by atoms with van der Waals surface area (Å²) < 4.78 is 36.6. The molecule has 0 atom stereocenters. The highest BCUT2D eigenvalue weighted by Crippen LogP contribution is 2.25. The van der Waals surface area contributed by atoms with Crippen LogP contribution in [0.3, 0.4) is 0 Å². The smallest absolute Gasteiger partial charge is 0.258 e. The molecule has 2 aromatic rings. The van der Waals surface area contributed by atoms with E-state index in [9.17, 15) is 8.78 Å². The van der Waals surface area contributed by atoms with Crippen molar-refractivity contribution < 1.29 is 18.3 Å². The first kappa shape index (κ1) is 14.2. The molecular formula is C14H14F2N2O2. The van der Waals surface area contributed by atoms with Crippen molar-refractivity contribution in [2.45, 2.75) is 6.42 Å². The number of ether oxygens (including phenoxy) is 2. The Morgan fingerprint density at radius 1 is 1.15 bits per heavy atom. The maximum atomic E-state index is 13.5. The van der Waals surface area contributed by atoms with Crippen LogP contribution in [-0.4, -0.2) is 18.7 Å². The van der Waals surface area contributed by atoms with Gasteiger partial charge in [-0.25, -0.2) is 8.78 Å². The highest BCUT2D eigenvalue weighted by atomic mass is 19.1. The Labute approximate surface area is 115 Å². The number of nitrogens with zero attached hydrogens (tertiary/aromatic N) is 1. The predicted molar refractivity (Wildman–Crippen MR) is 70.7 cm³/mol. The summed E-state index contributed by atoms with van der Waals surface area (Å²) in [6.07, 6.45) is 0.771. The molecule has 0 aliphatic rings. The minimum absolute atomic E-state index is 0.353. The molecule has 0 radical (unpaired) electrons. The van der Waals surface area contributed by atoms with E-state index < -0.39 is 17.5 Å². The summed E-state index contributed by atoms with van der Waals surface area (Å²) in [6, 6.07) is 7.65. The topological polar surface area (TPSA) is 57.4 Å². The first-order valence-corrected chi connectivity index (χ1v) is 5.97. The van der Waals surface area contributed by atoms with Crippen molar-refractivity contribution in [3.63, 3.8) is 0 Å². The van der Waals surface area contributed by atoms with Crippen molar-refractivity contribution in [1.82, 2.24) is 4.98 Å². The Bertz CT molecular complexity index is 588. The Balaban J connectivity index is 2.12. The second-order valence-electron chi connectivity index (χ2n) is 4.13. The van der Waals surface area contributed by atoms with Gasteiger partial charge in [0.05, 0.1) is 6.61 Å². The number of nitrogen functional groups attached to an aromatic ring is 1. The molecule has 0 aliphatic carbocycles. The molecule has 0 aliphatic heterocycles. The van der Waals surface area contributed by atoms with Crippen LogP contribution >= 0.6 is 0 Å². The normalized spacial score (nSPS) is 10.6.